The van der Waals surface area contributed by atoms with E-state index >= 15 is 0 Å². The van der Waals surface area contributed by atoms with Crippen LogP contribution in [0.3, 0.4) is 0 Å². The zero-order chi connectivity index (χ0) is 18.7. The van der Waals surface area contributed by atoms with Gasteiger partial charge in [0.1, 0.15) is 5.69 Å². The molecule has 4 rings (SSSR count). The summed E-state index contributed by atoms with van der Waals surface area (Å²) in [4.78, 5) is 19.6. The van der Waals surface area contributed by atoms with E-state index in [1.807, 2.05) is 29.6 Å². The van der Waals surface area contributed by atoms with Crippen molar-refractivity contribution >= 4 is 11.3 Å². The molecule has 3 aromatic heterocycles. The molecule has 6 nitrogen and oxygen atoms in total. The number of thiophene rings is 1. The highest BCUT2D eigenvalue weighted by Gasteiger charge is 2.33. The average Bonchev–Trinajstić information content (AvgIpc) is 3.21. The maximum Gasteiger partial charge on any atom is 0.266 e. The fourth-order valence-corrected chi connectivity index (χ4v) is 4.12. The normalized spacial score (nSPS) is 17.1. The Balaban J connectivity index is 1.43. The van der Waals surface area contributed by atoms with Gasteiger partial charge in [-0.25, -0.2) is 4.68 Å². The van der Waals surface area contributed by atoms with Gasteiger partial charge in [-0.2, -0.15) is 5.10 Å². The Hall–Kier alpha value is -2.35. The maximum atomic E-state index is 12.2. The first-order valence-corrected chi connectivity index (χ1v) is 9.95. The SMILES string of the molecule is O=c1ccc(-c2cccs2)nn1CC1(O)CCN(Cc2ccncc2)CC1. The highest BCUT2D eigenvalue weighted by atomic mass is 32.1. The second-order valence-electron chi connectivity index (χ2n) is 7.05. The molecule has 1 saturated heterocycles. The summed E-state index contributed by atoms with van der Waals surface area (Å²) in [5, 5.41) is 17.5. The third-order valence-corrected chi connectivity index (χ3v) is 5.92. The van der Waals surface area contributed by atoms with Crippen molar-refractivity contribution in [3.05, 3.63) is 70.1 Å². The number of hydrogen-bond acceptors (Lipinski definition) is 6. The fourth-order valence-electron chi connectivity index (χ4n) is 3.43. The smallest absolute Gasteiger partial charge is 0.266 e. The summed E-state index contributed by atoms with van der Waals surface area (Å²) in [5.41, 5.74) is 0.905. The number of hydrogen-bond donors (Lipinski definition) is 1. The van der Waals surface area contributed by atoms with Gasteiger partial charge in [-0.15, -0.1) is 11.3 Å². The standard InChI is InChI=1S/C20H22N4O2S/c25-19-4-3-17(18-2-1-13-27-18)22-24(19)15-20(26)7-11-23(12-8-20)14-16-5-9-21-10-6-16/h1-6,9-10,13,26H,7-8,11-12,14-15H2. The van der Waals surface area contributed by atoms with Gasteiger partial charge in [0.15, 0.2) is 0 Å². The molecule has 0 unspecified atom stereocenters. The Morgan fingerprint density at radius 1 is 1.11 bits per heavy atom. The number of piperidine rings is 1. The van der Waals surface area contributed by atoms with E-state index in [1.165, 1.54) is 16.3 Å². The van der Waals surface area contributed by atoms with Crippen molar-refractivity contribution in [2.24, 2.45) is 0 Å². The largest absolute Gasteiger partial charge is 0.388 e. The quantitative estimate of drug-likeness (QED) is 0.734. The summed E-state index contributed by atoms with van der Waals surface area (Å²) in [6.07, 6.45) is 4.84. The van der Waals surface area contributed by atoms with E-state index in [9.17, 15) is 9.90 Å². The van der Waals surface area contributed by atoms with Gasteiger partial charge in [-0.3, -0.25) is 14.7 Å². The Bertz CT molecular complexity index is 932. The van der Waals surface area contributed by atoms with E-state index in [-0.39, 0.29) is 12.1 Å². The molecule has 0 aliphatic carbocycles. The molecule has 27 heavy (non-hydrogen) atoms. The number of aliphatic hydroxyl groups is 1. The second kappa shape index (κ2) is 7.72. The molecule has 3 aromatic rings. The third-order valence-electron chi connectivity index (χ3n) is 5.03. The van der Waals surface area contributed by atoms with Gasteiger partial charge in [0.2, 0.25) is 0 Å². The van der Waals surface area contributed by atoms with Crippen molar-refractivity contribution < 1.29 is 5.11 Å². The fraction of sp³-hybridized carbons (Fsp3) is 0.350. The lowest BCUT2D eigenvalue weighted by Crippen LogP contribution is -2.48. The number of aromatic nitrogens is 3. The van der Waals surface area contributed by atoms with Crippen LogP contribution < -0.4 is 5.56 Å². The Morgan fingerprint density at radius 3 is 2.59 bits per heavy atom. The molecule has 0 saturated carbocycles. The maximum absolute atomic E-state index is 12.2. The molecule has 0 bridgehead atoms. The first-order valence-electron chi connectivity index (χ1n) is 9.07. The molecule has 0 aromatic carbocycles. The van der Waals surface area contributed by atoms with E-state index in [2.05, 4.69) is 15.0 Å². The van der Waals surface area contributed by atoms with Crippen molar-refractivity contribution in [1.82, 2.24) is 19.7 Å². The molecule has 0 amide bonds. The van der Waals surface area contributed by atoms with Crippen molar-refractivity contribution in [3.8, 4) is 10.6 Å². The van der Waals surface area contributed by atoms with Crippen LogP contribution in [0.4, 0.5) is 0 Å². The predicted molar refractivity (Wildman–Crippen MR) is 106 cm³/mol. The van der Waals surface area contributed by atoms with Gasteiger partial charge < -0.3 is 5.11 Å². The van der Waals surface area contributed by atoms with Crippen LogP contribution in [-0.2, 0) is 13.1 Å². The molecular weight excluding hydrogens is 360 g/mol. The highest BCUT2D eigenvalue weighted by molar-refractivity contribution is 7.13. The first-order chi connectivity index (χ1) is 13.1. The summed E-state index contributed by atoms with van der Waals surface area (Å²) in [6.45, 7) is 2.66. The van der Waals surface area contributed by atoms with Crippen LogP contribution in [0.15, 0.2) is 59.0 Å². The highest BCUT2D eigenvalue weighted by Crippen LogP contribution is 2.25. The van der Waals surface area contributed by atoms with E-state index in [0.717, 1.165) is 30.2 Å². The van der Waals surface area contributed by atoms with E-state index in [0.29, 0.717) is 12.8 Å². The van der Waals surface area contributed by atoms with Crippen LogP contribution >= 0.6 is 11.3 Å². The summed E-state index contributed by atoms with van der Waals surface area (Å²) in [7, 11) is 0. The second-order valence-corrected chi connectivity index (χ2v) is 8.00. The Labute approximate surface area is 161 Å². The van der Waals surface area contributed by atoms with Crippen molar-refractivity contribution in [2.75, 3.05) is 13.1 Å². The predicted octanol–water partition coefficient (Wildman–Crippen LogP) is 2.39. The molecule has 1 N–H and O–H groups in total. The lowest BCUT2D eigenvalue weighted by Gasteiger charge is -2.38. The Morgan fingerprint density at radius 2 is 1.89 bits per heavy atom. The van der Waals surface area contributed by atoms with Crippen molar-refractivity contribution in [1.29, 1.82) is 0 Å². The number of pyridine rings is 1. The molecular formula is C20H22N4O2S. The van der Waals surface area contributed by atoms with Crippen LogP contribution in [0, 0.1) is 0 Å². The molecule has 0 radical (unpaired) electrons. The van der Waals surface area contributed by atoms with Gasteiger partial charge in [-0.1, -0.05) is 6.07 Å². The molecule has 1 aliphatic heterocycles. The van der Waals surface area contributed by atoms with E-state index < -0.39 is 5.60 Å². The molecule has 0 spiro atoms. The van der Waals surface area contributed by atoms with Crippen LogP contribution in [0.2, 0.25) is 0 Å². The topological polar surface area (TPSA) is 71.2 Å². The monoisotopic (exact) mass is 382 g/mol. The van der Waals surface area contributed by atoms with E-state index in [1.54, 1.807) is 29.8 Å². The molecule has 0 atom stereocenters. The summed E-state index contributed by atoms with van der Waals surface area (Å²) < 4.78 is 1.41. The number of nitrogens with zero attached hydrogens (tertiary/aromatic N) is 4. The minimum Gasteiger partial charge on any atom is -0.388 e. The average molecular weight is 382 g/mol. The minimum absolute atomic E-state index is 0.178. The van der Waals surface area contributed by atoms with Crippen LogP contribution in [0.5, 0.6) is 0 Å². The van der Waals surface area contributed by atoms with Gasteiger partial charge in [0.25, 0.3) is 5.56 Å². The molecule has 1 aliphatic rings. The first kappa shape index (κ1) is 18.0. The number of likely N-dealkylation sites (tertiary alicyclic amines) is 1. The lowest BCUT2D eigenvalue weighted by atomic mass is 9.91. The minimum atomic E-state index is -0.903. The third kappa shape index (κ3) is 4.32. The molecule has 140 valence electrons. The van der Waals surface area contributed by atoms with Crippen LogP contribution in [0.25, 0.3) is 10.6 Å². The van der Waals surface area contributed by atoms with Crippen LogP contribution in [0.1, 0.15) is 18.4 Å². The van der Waals surface area contributed by atoms with Gasteiger partial charge in [0, 0.05) is 38.1 Å². The zero-order valence-corrected chi connectivity index (χ0v) is 15.8. The summed E-state index contributed by atoms with van der Waals surface area (Å²) in [6, 6.07) is 11.2. The molecule has 1 fully saturated rings. The van der Waals surface area contributed by atoms with Gasteiger partial charge >= 0.3 is 0 Å². The number of rotatable bonds is 5. The van der Waals surface area contributed by atoms with Gasteiger partial charge in [0.05, 0.1) is 17.0 Å². The molecule has 4 heterocycles. The Kier molecular flexibility index (Phi) is 5.15. The van der Waals surface area contributed by atoms with Crippen molar-refractivity contribution in [2.45, 2.75) is 31.5 Å². The summed E-state index contributed by atoms with van der Waals surface area (Å²) in [5.74, 6) is 0. The van der Waals surface area contributed by atoms with E-state index in [4.69, 9.17) is 0 Å². The molecule has 7 heteroatoms. The van der Waals surface area contributed by atoms with Gasteiger partial charge in [-0.05, 0) is 48.1 Å². The van der Waals surface area contributed by atoms with Crippen LogP contribution in [-0.4, -0.2) is 43.5 Å². The lowest BCUT2D eigenvalue weighted by molar-refractivity contribution is -0.0389. The zero-order valence-electron chi connectivity index (χ0n) is 15.0. The van der Waals surface area contributed by atoms with Crippen molar-refractivity contribution in [3.63, 3.8) is 0 Å². The summed E-state index contributed by atoms with van der Waals surface area (Å²) >= 11 is 1.59.